The lowest BCUT2D eigenvalue weighted by atomic mass is 9.86. The summed E-state index contributed by atoms with van der Waals surface area (Å²) in [6.45, 7) is 6.22. The molecule has 1 amide bonds. The summed E-state index contributed by atoms with van der Waals surface area (Å²) in [4.78, 5) is 26.4. The van der Waals surface area contributed by atoms with E-state index in [0.717, 1.165) is 42.1 Å². The molecule has 0 saturated carbocycles. The fourth-order valence-electron chi connectivity index (χ4n) is 3.82. The van der Waals surface area contributed by atoms with Gasteiger partial charge in [0.15, 0.2) is 6.61 Å². The maximum Gasteiger partial charge on any atom is 0.341 e. The van der Waals surface area contributed by atoms with Crippen molar-refractivity contribution in [2.75, 3.05) is 18.5 Å². The summed E-state index contributed by atoms with van der Waals surface area (Å²) < 4.78 is 11.8. The highest BCUT2D eigenvalue weighted by atomic mass is 79.9. The number of esters is 1. The molecule has 0 spiro atoms. The Morgan fingerprint density at radius 3 is 2.80 bits per heavy atom. The molecule has 1 aliphatic rings. The average Bonchev–Trinajstić information content (AvgIpc) is 3.07. The molecule has 0 bridgehead atoms. The highest BCUT2D eigenvalue weighted by Gasteiger charge is 2.30. The predicted molar refractivity (Wildman–Crippen MR) is 124 cm³/mol. The molecule has 1 N–H and O–H groups in total. The normalized spacial score (nSPS) is 15.4. The number of benzene rings is 1. The van der Waals surface area contributed by atoms with E-state index >= 15 is 0 Å². The minimum atomic E-state index is -0.366. The van der Waals surface area contributed by atoms with Crippen molar-refractivity contribution in [2.24, 2.45) is 0 Å². The predicted octanol–water partition coefficient (Wildman–Crippen LogP) is 6.10. The molecule has 162 valence electrons. The fraction of sp³-hybridized carbons (Fsp3) is 0.478. The van der Waals surface area contributed by atoms with Crippen molar-refractivity contribution in [1.82, 2.24) is 0 Å². The van der Waals surface area contributed by atoms with Crippen molar-refractivity contribution in [3.63, 3.8) is 0 Å². The molecule has 1 aliphatic carbocycles. The number of aryl methyl sites for hydroxylation is 2. The summed E-state index contributed by atoms with van der Waals surface area (Å²) in [5, 5.41) is 3.46. The van der Waals surface area contributed by atoms with Gasteiger partial charge in [0, 0.05) is 4.88 Å². The lowest BCUT2D eigenvalue weighted by Crippen LogP contribution is -2.21. The third-order valence-corrected chi connectivity index (χ3v) is 6.98. The van der Waals surface area contributed by atoms with Gasteiger partial charge in [-0.3, -0.25) is 4.79 Å². The highest BCUT2D eigenvalue weighted by Crippen LogP contribution is 2.43. The Bertz CT molecular complexity index is 924. The molecule has 1 aromatic carbocycles. The van der Waals surface area contributed by atoms with Crippen LogP contribution in [0.5, 0.6) is 5.75 Å². The number of amides is 1. The van der Waals surface area contributed by atoms with Gasteiger partial charge in [-0.05, 0) is 77.7 Å². The zero-order valence-corrected chi connectivity index (χ0v) is 20.1. The van der Waals surface area contributed by atoms with Crippen LogP contribution in [0.25, 0.3) is 0 Å². The summed E-state index contributed by atoms with van der Waals surface area (Å²) >= 11 is 4.99. The van der Waals surface area contributed by atoms with Gasteiger partial charge in [0.05, 0.1) is 16.6 Å². The van der Waals surface area contributed by atoms with Crippen LogP contribution in [0.1, 0.15) is 72.3 Å². The van der Waals surface area contributed by atoms with E-state index in [1.54, 1.807) is 6.92 Å². The lowest BCUT2D eigenvalue weighted by molar-refractivity contribution is -0.118. The van der Waals surface area contributed by atoms with Crippen LogP contribution >= 0.6 is 27.3 Å². The summed E-state index contributed by atoms with van der Waals surface area (Å²) in [6.07, 6.45) is 5.13. The molecule has 1 atom stereocenters. The highest BCUT2D eigenvalue weighted by molar-refractivity contribution is 9.10. The number of carbonyl (C=O) groups is 2. The number of nitrogens with one attached hydrogen (secondary N) is 1. The van der Waals surface area contributed by atoms with Gasteiger partial charge in [-0.15, -0.1) is 11.3 Å². The van der Waals surface area contributed by atoms with Crippen LogP contribution in [-0.4, -0.2) is 25.1 Å². The molecule has 1 heterocycles. The van der Waals surface area contributed by atoms with E-state index in [0.29, 0.717) is 22.9 Å². The quantitative estimate of drug-likeness (QED) is 0.451. The van der Waals surface area contributed by atoms with Gasteiger partial charge in [-0.1, -0.05) is 26.3 Å². The smallest absolute Gasteiger partial charge is 0.341 e. The number of anilines is 1. The summed E-state index contributed by atoms with van der Waals surface area (Å²) in [5.41, 5.74) is 2.77. The monoisotopic (exact) mass is 493 g/mol. The van der Waals surface area contributed by atoms with Crippen molar-refractivity contribution in [2.45, 2.75) is 58.8 Å². The molecule has 0 saturated heterocycles. The lowest BCUT2D eigenvalue weighted by Gasteiger charge is -2.19. The Labute approximate surface area is 190 Å². The minimum absolute atomic E-state index is 0.133. The summed E-state index contributed by atoms with van der Waals surface area (Å²) in [5.74, 6) is 0.240. The summed E-state index contributed by atoms with van der Waals surface area (Å²) in [7, 11) is 0. The van der Waals surface area contributed by atoms with Crippen molar-refractivity contribution in [3.05, 3.63) is 44.2 Å². The van der Waals surface area contributed by atoms with Crippen LogP contribution in [0, 0.1) is 0 Å². The largest absolute Gasteiger partial charge is 0.483 e. The average molecular weight is 494 g/mol. The number of hydrogen-bond donors (Lipinski definition) is 1. The van der Waals surface area contributed by atoms with Gasteiger partial charge in [-0.2, -0.15) is 0 Å². The van der Waals surface area contributed by atoms with E-state index in [1.165, 1.54) is 21.8 Å². The SMILES string of the molecule is CCCc1ccc(OCC(=O)Nc2sc3c(c2C(=O)OCC)C(C)CCC3)c(Br)c1. The Kier molecular flexibility index (Phi) is 7.94. The number of fused-ring (bicyclic) bond motifs is 1. The molecule has 1 aromatic heterocycles. The second-order valence-electron chi connectivity index (χ2n) is 7.51. The second-order valence-corrected chi connectivity index (χ2v) is 9.47. The van der Waals surface area contributed by atoms with Crippen LogP contribution in [0.3, 0.4) is 0 Å². The molecule has 0 radical (unpaired) electrons. The molecule has 3 rings (SSSR count). The molecule has 5 nitrogen and oxygen atoms in total. The van der Waals surface area contributed by atoms with E-state index in [1.807, 2.05) is 18.2 Å². The van der Waals surface area contributed by atoms with Gasteiger partial charge in [0.1, 0.15) is 10.8 Å². The standard InChI is InChI=1S/C23H28BrNO4S/c1-4-7-15-10-11-17(16(24)12-15)29-13-19(26)25-22-21(23(27)28-5-2)20-14(3)8-6-9-18(20)30-22/h10-12,14H,4-9,13H2,1-3H3,(H,25,26). The van der Waals surface area contributed by atoms with Crippen molar-refractivity contribution in [1.29, 1.82) is 0 Å². The number of ether oxygens (including phenoxy) is 2. The second kappa shape index (κ2) is 10.4. The van der Waals surface area contributed by atoms with Crippen molar-refractivity contribution >= 4 is 44.1 Å². The maximum atomic E-state index is 12.6. The Balaban J connectivity index is 1.73. The van der Waals surface area contributed by atoms with E-state index in [2.05, 4.69) is 35.1 Å². The summed E-state index contributed by atoms with van der Waals surface area (Å²) in [6, 6.07) is 5.90. The number of thiophene rings is 1. The Hall–Kier alpha value is -1.86. The van der Waals surface area contributed by atoms with Gasteiger partial charge in [0.25, 0.3) is 5.91 Å². The van der Waals surface area contributed by atoms with E-state index < -0.39 is 0 Å². The molecular formula is C23H28BrNO4S. The van der Waals surface area contributed by atoms with Crippen LogP contribution < -0.4 is 10.1 Å². The molecule has 1 unspecified atom stereocenters. The third kappa shape index (κ3) is 5.24. The van der Waals surface area contributed by atoms with Crippen LogP contribution in [0.2, 0.25) is 0 Å². The number of rotatable bonds is 8. The Morgan fingerprint density at radius 1 is 1.30 bits per heavy atom. The van der Waals surface area contributed by atoms with Crippen molar-refractivity contribution in [3.8, 4) is 5.75 Å². The first-order chi connectivity index (χ1) is 14.4. The zero-order chi connectivity index (χ0) is 21.7. The first-order valence-electron chi connectivity index (χ1n) is 10.5. The molecule has 2 aromatic rings. The number of carbonyl (C=O) groups excluding carboxylic acids is 2. The van der Waals surface area contributed by atoms with Crippen LogP contribution in [0.4, 0.5) is 5.00 Å². The molecular weight excluding hydrogens is 466 g/mol. The first kappa shape index (κ1) is 22.8. The maximum absolute atomic E-state index is 12.6. The minimum Gasteiger partial charge on any atom is -0.483 e. The molecule has 7 heteroatoms. The fourth-order valence-corrected chi connectivity index (χ4v) is 5.72. The van der Waals surface area contributed by atoms with Crippen molar-refractivity contribution < 1.29 is 19.1 Å². The van der Waals surface area contributed by atoms with Gasteiger partial charge in [0.2, 0.25) is 0 Å². The van der Waals surface area contributed by atoms with Gasteiger partial charge < -0.3 is 14.8 Å². The van der Waals surface area contributed by atoms with E-state index in [4.69, 9.17) is 9.47 Å². The number of halogens is 1. The van der Waals surface area contributed by atoms with E-state index in [-0.39, 0.29) is 24.4 Å². The van der Waals surface area contributed by atoms with Gasteiger partial charge >= 0.3 is 5.97 Å². The van der Waals surface area contributed by atoms with Crippen LogP contribution in [-0.2, 0) is 22.4 Å². The molecule has 0 fully saturated rings. The topological polar surface area (TPSA) is 64.6 Å². The Morgan fingerprint density at radius 2 is 2.10 bits per heavy atom. The molecule has 30 heavy (non-hydrogen) atoms. The first-order valence-corrected chi connectivity index (χ1v) is 12.1. The van der Waals surface area contributed by atoms with E-state index in [9.17, 15) is 9.59 Å². The number of hydrogen-bond acceptors (Lipinski definition) is 5. The third-order valence-electron chi connectivity index (χ3n) is 5.18. The zero-order valence-electron chi connectivity index (χ0n) is 17.7. The molecule has 0 aliphatic heterocycles. The van der Waals surface area contributed by atoms with Crippen LogP contribution in [0.15, 0.2) is 22.7 Å². The van der Waals surface area contributed by atoms with Gasteiger partial charge in [-0.25, -0.2) is 4.79 Å².